The zero-order valence-corrected chi connectivity index (χ0v) is 7.07. The van der Waals surface area contributed by atoms with Crippen molar-refractivity contribution < 1.29 is 17.2 Å². The highest BCUT2D eigenvalue weighted by Gasteiger charge is 2.14. The van der Waals surface area contributed by atoms with Crippen LogP contribution in [0.15, 0.2) is 0 Å². The van der Waals surface area contributed by atoms with Crippen molar-refractivity contribution in [2.75, 3.05) is 32.7 Å². The molecule has 0 bridgehead atoms. The van der Waals surface area contributed by atoms with Gasteiger partial charge < -0.3 is 0 Å². The van der Waals surface area contributed by atoms with Crippen molar-refractivity contribution in [1.82, 2.24) is 4.31 Å². The predicted octanol–water partition coefficient (Wildman–Crippen LogP) is 0.187. The van der Waals surface area contributed by atoms with Crippen LogP contribution in [0.3, 0.4) is 0 Å². The van der Waals surface area contributed by atoms with E-state index in [1.807, 2.05) is 0 Å². The number of sulfonamides is 1. The monoisotopic (exact) mass is 187 g/mol. The number of hydrogen-bond donors (Lipinski definition) is 0. The lowest BCUT2D eigenvalue weighted by Crippen LogP contribution is -2.33. The van der Waals surface area contributed by atoms with E-state index in [9.17, 15) is 17.2 Å². The predicted molar refractivity (Wildman–Crippen MR) is 38.4 cm³/mol. The summed E-state index contributed by atoms with van der Waals surface area (Å²) < 4.78 is 45.5. The highest BCUT2D eigenvalue weighted by Crippen LogP contribution is 1.96. The van der Waals surface area contributed by atoms with Crippen molar-refractivity contribution in [3.05, 3.63) is 0 Å². The maximum Gasteiger partial charge on any atom is 0.211 e. The molecule has 0 unspecified atom stereocenters. The lowest BCUT2D eigenvalue weighted by molar-refractivity contribution is 0.327. The Balaban J connectivity index is 4.11. The average Bonchev–Trinajstić information content (AvgIpc) is 1.85. The maximum atomic E-state index is 11.7. The smallest absolute Gasteiger partial charge is 0.211 e. The Kier molecular flexibility index (Phi) is 4.51. The van der Waals surface area contributed by atoms with Gasteiger partial charge in [0.05, 0.1) is 6.26 Å². The lowest BCUT2D eigenvalue weighted by atomic mass is 10.6. The first-order chi connectivity index (χ1) is 5.02. The van der Waals surface area contributed by atoms with Crippen LogP contribution in [0.1, 0.15) is 0 Å². The zero-order chi connectivity index (χ0) is 8.91. The summed E-state index contributed by atoms with van der Waals surface area (Å²) in [5.74, 6) is 0. The van der Waals surface area contributed by atoms with E-state index in [1.54, 1.807) is 0 Å². The summed E-state index contributed by atoms with van der Waals surface area (Å²) in [6.07, 6.45) is 0.929. The molecular weight excluding hydrogens is 176 g/mol. The normalized spacial score (nSPS) is 12.4. The summed E-state index contributed by atoms with van der Waals surface area (Å²) >= 11 is 0. The van der Waals surface area contributed by atoms with Crippen molar-refractivity contribution in [3.8, 4) is 0 Å². The van der Waals surface area contributed by atoms with Gasteiger partial charge in [0.2, 0.25) is 10.0 Å². The minimum atomic E-state index is -3.44. The third-order valence-corrected chi connectivity index (χ3v) is 2.44. The molecule has 0 saturated heterocycles. The number of nitrogens with zero attached hydrogens (tertiary/aromatic N) is 1. The van der Waals surface area contributed by atoms with Crippen LogP contribution in [0.2, 0.25) is 0 Å². The molecule has 0 rings (SSSR count). The van der Waals surface area contributed by atoms with Gasteiger partial charge in [-0.15, -0.1) is 0 Å². The first-order valence-electron chi connectivity index (χ1n) is 3.09. The van der Waals surface area contributed by atoms with E-state index in [-0.39, 0.29) is 13.1 Å². The highest BCUT2D eigenvalue weighted by atomic mass is 32.2. The second-order valence-corrected chi connectivity index (χ2v) is 4.02. The summed E-state index contributed by atoms with van der Waals surface area (Å²) in [5.41, 5.74) is 0. The van der Waals surface area contributed by atoms with Crippen molar-refractivity contribution in [2.24, 2.45) is 0 Å². The highest BCUT2D eigenvalue weighted by molar-refractivity contribution is 7.88. The van der Waals surface area contributed by atoms with E-state index in [0.29, 0.717) is 0 Å². The number of hydrogen-bond acceptors (Lipinski definition) is 2. The fourth-order valence-electron chi connectivity index (χ4n) is 0.632. The fourth-order valence-corrected chi connectivity index (χ4v) is 1.43. The Morgan fingerprint density at radius 3 is 1.73 bits per heavy atom. The van der Waals surface area contributed by atoms with Crippen LogP contribution in [0.5, 0.6) is 0 Å². The van der Waals surface area contributed by atoms with Gasteiger partial charge in [-0.1, -0.05) is 0 Å². The van der Waals surface area contributed by atoms with Gasteiger partial charge in [0.1, 0.15) is 13.3 Å². The summed E-state index contributed by atoms with van der Waals surface area (Å²) in [6, 6.07) is 0. The van der Waals surface area contributed by atoms with Crippen LogP contribution in [0.4, 0.5) is 8.78 Å². The second kappa shape index (κ2) is 4.61. The fraction of sp³-hybridized carbons (Fsp3) is 1.00. The second-order valence-electron chi connectivity index (χ2n) is 2.04. The SMILES string of the molecule is CS(=O)(=O)N(CCF)CCF. The Hall–Kier alpha value is -0.230. The molecule has 0 fully saturated rings. The molecule has 0 atom stereocenters. The summed E-state index contributed by atoms with van der Waals surface area (Å²) in [7, 11) is -3.44. The summed E-state index contributed by atoms with van der Waals surface area (Å²) in [5, 5.41) is 0. The van der Waals surface area contributed by atoms with Gasteiger partial charge >= 0.3 is 0 Å². The van der Waals surface area contributed by atoms with Gasteiger partial charge in [-0.05, 0) is 0 Å². The minimum absolute atomic E-state index is 0.261. The van der Waals surface area contributed by atoms with Crippen LogP contribution >= 0.6 is 0 Å². The molecule has 0 aromatic carbocycles. The van der Waals surface area contributed by atoms with Gasteiger partial charge in [0.25, 0.3) is 0 Å². The Morgan fingerprint density at radius 2 is 1.55 bits per heavy atom. The number of rotatable bonds is 5. The van der Waals surface area contributed by atoms with Crippen LogP contribution in [-0.2, 0) is 10.0 Å². The van der Waals surface area contributed by atoms with Gasteiger partial charge in [-0.3, -0.25) is 0 Å². The van der Waals surface area contributed by atoms with Crippen molar-refractivity contribution in [3.63, 3.8) is 0 Å². The standard InChI is InChI=1S/C5H11F2NO2S/c1-11(9,10)8(4-2-6)5-3-7/h2-5H2,1H3. The van der Waals surface area contributed by atoms with E-state index in [1.165, 1.54) is 0 Å². The van der Waals surface area contributed by atoms with Crippen molar-refractivity contribution >= 4 is 10.0 Å². The molecule has 3 nitrogen and oxygen atoms in total. The van der Waals surface area contributed by atoms with Crippen molar-refractivity contribution in [2.45, 2.75) is 0 Å². The number of alkyl halides is 2. The number of halogens is 2. The molecule has 6 heteroatoms. The van der Waals surface area contributed by atoms with E-state index in [0.717, 1.165) is 10.6 Å². The first kappa shape index (κ1) is 10.8. The van der Waals surface area contributed by atoms with E-state index in [4.69, 9.17) is 0 Å². The zero-order valence-electron chi connectivity index (χ0n) is 6.26. The van der Waals surface area contributed by atoms with Crippen LogP contribution in [0.25, 0.3) is 0 Å². The largest absolute Gasteiger partial charge is 0.250 e. The lowest BCUT2D eigenvalue weighted by Gasteiger charge is -2.15. The van der Waals surface area contributed by atoms with Gasteiger partial charge in [-0.25, -0.2) is 17.2 Å². The Bertz CT molecular complexity index is 187. The van der Waals surface area contributed by atoms with E-state index < -0.39 is 23.4 Å². The van der Waals surface area contributed by atoms with Crippen LogP contribution < -0.4 is 0 Å². The molecule has 11 heavy (non-hydrogen) atoms. The molecule has 0 aliphatic heterocycles. The third kappa shape index (κ3) is 4.26. The molecule has 0 aromatic heterocycles. The molecule has 0 saturated carbocycles. The molecule has 0 radical (unpaired) electrons. The molecule has 0 spiro atoms. The molecular formula is C5H11F2NO2S. The van der Waals surface area contributed by atoms with Crippen LogP contribution in [-0.4, -0.2) is 45.4 Å². The maximum absolute atomic E-state index is 11.7. The average molecular weight is 187 g/mol. The van der Waals surface area contributed by atoms with Gasteiger partial charge in [0.15, 0.2) is 0 Å². The Labute approximate surface area is 65.1 Å². The van der Waals surface area contributed by atoms with Gasteiger partial charge in [-0.2, -0.15) is 4.31 Å². The molecule has 0 aliphatic carbocycles. The summed E-state index contributed by atoms with van der Waals surface area (Å²) in [4.78, 5) is 0. The molecule has 0 N–H and O–H groups in total. The van der Waals surface area contributed by atoms with Crippen molar-refractivity contribution in [1.29, 1.82) is 0 Å². The third-order valence-electron chi connectivity index (χ3n) is 1.14. The molecule has 0 heterocycles. The molecule has 0 aliphatic rings. The topological polar surface area (TPSA) is 37.4 Å². The molecule has 0 amide bonds. The molecule has 0 aromatic rings. The summed E-state index contributed by atoms with van der Waals surface area (Å²) in [6.45, 7) is -2.09. The van der Waals surface area contributed by atoms with Gasteiger partial charge in [0, 0.05) is 13.1 Å². The Morgan fingerprint density at radius 1 is 1.18 bits per heavy atom. The van der Waals surface area contributed by atoms with Crippen LogP contribution in [0, 0.1) is 0 Å². The van der Waals surface area contributed by atoms with E-state index in [2.05, 4.69) is 0 Å². The van der Waals surface area contributed by atoms with E-state index >= 15 is 0 Å². The first-order valence-corrected chi connectivity index (χ1v) is 4.94. The minimum Gasteiger partial charge on any atom is -0.250 e. The molecule has 68 valence electrons. The quantitative estimate of drug-likeness (QED) is 0.616.